The Morgan fingerprint density at radius 2 is 2.12 bits per heavy atom. The zero-order valence-electron chi connectivity index (χ0n) is 20.0. The Morgan fingerprint density at radius 3 is 2.82 bits per heavy atom. The molecule has 1 unspecified atom stereocenters. The van der Waals surface area contributed by atoms with Gasteiger partial charge in [-0.05, 0) is 73.2 Å². The van der Waals surface area contributed by atoms with Crippen LogP contribution in [0.2, 0.25) is 0 Å². The molecule has 3 atom stereocenters. The Hall–Kier alpha value is -2.86. The molecule has 2 saturated carbocycles. The van der Waals surface area contributed by atoms with Gasteiger partial charge in [0.2, 0.25) is 5.91 Å². The smallest absolute Gasteiger partial charge is 0.224 e. The number of hydrogen-bond acceptors (Lipinski definition) is 4. The number of pyridine rings is 1. The van der Waals surface area contributed by atoms with Crippen LogP contribution in [-0.2, 0) is 16.1 Å². The summed E-state index contributed by atoms with van der Waals surface area (Å²) in [7, 11) is 0. The van der Waals surface area contributed by atoms with Gasteiger partial charge in [-0.2, -0.15) is 0 Å². The van der Waals surface area contributed by atoms with Gasteiger partial charge < -0.3 is 19.4 Å². The molecule has 2 aliphatic carbocycles. The van der Waals surface area contributed by atoms with Gasteiger partial charge in [0.05, 0.1) is 37.8 Å². The van der Waals surface area contributed by atoms with Crippen LogP contribution in [0.15, 0.2) is 48.8 Å². The van der Waals surface area contributed by atoms with Crippen molar-refractivity contribution in [1.82, 2.24) is 14.9 Å². The topological polar surface area (TPSA) is 65.4 Å². The highest BCUT2D eigenvalue weighted by atomic mass is 16.5. The van der Waals surface area contributed by atoms with Gasteiger partial charge in [-0.3, -0.25) is 9.78 Å². The fourth-order valence-electron chi connectivity index (χ4n) is 5.00. The van der Waals surface area contributed by atoms with Crippen molar-refractivity contribution in [1.29, 1.82) is 0 Å². The summed E-state index contributed by atoms with van der Waals surface area (Å²) in [5.74, 6) is 1.95. The van der Waals surface area contributed by atoms with Crippen molar-refractivity contribution in [2.45, 2.75) is 51.6 Å². The Labute approximate surface area is 200 Å². The lowest BCUT2D eigenvalue weighted by atomic mass is 9.88. The molecule has 34 heavy (non-hydrogen) atoms. The zero-order chi connectivity index (χ0) is 23.3. The number of nitrogens with one attached hydrogen (secondary N) is 1. The van der Waals surface area contributed by atoms with E-state index in [4.69, 9.17) is 9.47 Å². The molecule has 1 N–H and O–H groups in total. The molecule has 2 aromatic heterocycles. The number of fused-ring (bicyclic) bond motifs is 1. The highest BCUT2D eigenvalue weighted by Gasteiger charge is 2.44. The summed E-state index contributed by atoms with van der Waals surface area (Å²) < 4.78 is 13.5. The van der Waals surface area contributed by atoms with Crippen LogP contribution >= 0.6 is 0 Å². The van der Waals surface area contributed by atoms with Gasteiger partial charge in [0.15, 0.2) is 0 Å². The van der Waals surface area contributed by atoms with Crippen molar-refractivity contribution in [3.8, 4) is 5.75 Å². The predicted molar refractivity (Wildman–Crippen MR) is 131 cm³/mol. The van der Waals surface area contributed by atoms with Crippen molar-refractivity contribution >= 4 is 16.8 Å². The minimum atomic E-state index is -0.128. The maximum Gasteiger partial charge on any atom is 0.224 e. The number of nitrogens with zero attached hydrogens (tertiary/aromatic N) is 2. The van der Waals surface area contributed by atoms with E-state index >= 15 is 0 Å². The fraction of sp³-hybridized carbons (Fsp3) is 0.500. The third-order valence-corrected chi connectivity index (χ3v) is 7.55. The number of benzene rings is 1. The number of hydrogen-bond donors (Lipinski definition) is 1. The Morgan fingerprint density at radius 1 is 1.26 bits per heavy atom. The minimum Gasteiger partial charge on any atom is -0.492 e. The second kappa shape index (κ2) is 8.42. The molecule has 1 aliphatic heterocycles. The third kappa shape index (κ3) is 4.43. The molecule has 178 valence electrons. The normalized spacial score (nSPS) is 23.8. The van der Waals surface area contributed by atoms with Gasteiger partial charge >= 0.3 is 0 Å². The molecule has 0 bridgehead atoms. The Bertz CT molecular complexity index is 1190. The van der Waals surface area contributed by atoms with E-state index in [0.29, 0.717) is 0 Å². The molecule has 1 amide bonds. The van der Waals surface area contributed by atoms with Crippen molar-refractivity contribution in [2.24, 2.45) is 17.3 Å². The number of amides is 1. The van der Waals surface area contributed by atoms with Crippen LogP contribution in [-0.4, -0.2) is 35.3 Å². The quantitative estimate of drug-likeness (QED) is 0.497. The van der Waals surface area contributed by atoms with Gasteiger partial charge in [0, 0.05) is 29.6 Å². The van der Waals surface area contributed by atoms with E-state index in [2.05, 4.69) is 52.3 Å². The van der Waals surface area contributed by atoms with E-state index in [1.54, 1.807) is 6.20 Å². The lowest BCUT2D eigenvalue weighted by Crippen LogP contribution is -2.42. The number of ether oxygens (including phenoxy) is 2. The first-order chi connectivity index (χ1) is 16.5. The molecular weight excluding hydrogens is 426 g/mol. The van der Waals surface area contributed by atoms with Crippen molar-refractivity contribution in [3.05, 3.63) is 60.0 Å². The van der Waals surface area contributed by atoms with Crippen molar-refractivity contribution in [2.75, 3.05) is 19.8 Å². The summed E-state index contributed by atoms with van der Waals surface area (Å²) in [6.07, 6.45) is 7.38. The van der Waals surface area contributed by atoms with E-state index in [9.17, 15) is 4.79 Å². The average molecular weight is 460 g/mol. The van der Waals surface area contributed by atoms with Gasteiger partial charge in [0.25, 0.3) is 0 Å². The molecule has 1 aromatic carbocycles. The highest BCUT2D eigenvalue weighted by molar-refractivity contribution is 5.85. The van der Waals surface area contributed by atoms with Crippen LogP contribution < -0.4 is 10.1 Å². The van der Waals surface area contributed by atoms with Crippen molar-refractivity contribution in [3.63, 3.8) is 0 Å². The first-order valence-electron chi connectivity index (χ1n) is 12.5. The second-order valence-corrected chi connectivity index (χ2v) is 10.9. The SMILES string of the molecule is CC(NC(=O)[C@@H]1C[C@H]1c1ccc2ccn(CC3(C)COC3)c2c1)c1ccc(OCC2CC2)cn1. The van der Waals surface area contributed by atoms with Crippen LogP contribution in [0.4, 0.5) is 0 Å². The molecule has 6 rings (SSSR count). The molecule has 0 spiro atoms. The van der Waals surface area contributed by atoms with Crippen LogP contribution in [0.1, 0.15) is 56.3 Å². The van der Waals surface area contributed by atoms with Gasteiger partial charge in [-0.15, -0.1) is 0 Å². The van der Waals surface area contributed by atoms with E-state index in [1.165, 1.54) is 29.3 Å². The molecule has 1 saturated heterocycles. The fourth-order valence-corrected chi connectivity index (χ4v) is 5.00. The molecule has 3 heterocycles. The summed E-state index contributed by atoms with van der Waals surface area (Å²) in [4.78, 5) is 17.5. The largest absolute Gasteiger partial charge is 0.492 e. The molecule has 3 fully saturated rings. The van der Waals surface area contributed by atoms with E-state index in [0.717, 1.165) is 50.1 Å². The van der Waals surface area contributed by atoms with Crippen molar-refractivity contribution < 1.29 is 14.3 Å². The summed E-state index contributed by atoms with van der Waals surface area (Å²) >= 11 is 0. The third-order valence-electron chi connectivity index (χ3n) is 7.55. The summed E-state index contributed by atoms with van der Waals surface area (Å²) in [6.45, 7) is 7.65. The molecule has 3 aliphatic rings. The monoisotopic (exact) mass is 459 g/mol. The highest BCUT2D eigenvalue weighted by Crippen LogP contribution is 2.48. The Kier molecular flexibility index (Phi) is 5.36. The van der Waals surface area contributed by atoms with Crippen LogP contribution in [0, 0.1) is 17.3 Å². The lowest BCUT2D eigenvalue weighted by Gasteiger charge is -2.38. The van der Waals surface area contributed by atoms with Gasteiger partial charge in [0.1, 0.15) is 5.75 Å². The number of carbonyl (C=O) groups is 1. The molecule has 3 aromatic rings. The van der Waals surface area contributed by atoms with E-state index in [-0.39, 0.29) is 29.2 Å². The summed E-state index contributed by atoms with van der Waals surface area (Å²) in [5.41, 5.74) is 3.58. The van der Waals surface area contributed by atoms with Gasteiger partial charge in [-0.1, -0.05) is 19.1 Å². The van der Waals surface area contributed by atoms with E-state index in [1.807, 2.05) is 19.1 Å². The maximum absolute atomic E-state index is 13.0. The Balaban J connectivity index is 1.07. The maximum atomic E-state index is 13.0. The van der Waals surface area contributed by atoms with Crippen LogP contribution in [0.3, 0.4) is 0 Å². The standard InChI is InChI=1S/C28H33N3O3/c1-18(25-8-7-22(13-29-25)34-14-19-3-4-19)30-27(32)24-12-23(24)21-6-5-20-9-10-31(26(20)11-21)15-28(2)16-33-17-28/h5-11,13,18-19,23-24H,3-4,12,14-17H2,1-2H3,(H,30,32)/t18?,23-,24+/m0/s1. The lowest BCUT2D eigenvalue weighted by molar-refractivity contribution is -0.123. The number of carbonyl (C=O) groups excluding carboxylic acids is 1. The first-order valence-corrected chi connectivity index (χ1v) is 12.5. The number of aromatic nitrogens is 2. The molecule has 6 nitrogen and oxygen atoms in total. The van der Waals surface area contributed by atoms with E-state index < -0.39 is 0 Å². The molecular formula is C28H33N3O3. The molecule has 6 heteroatoms. The average Bonchev–Trinajstić information content (AvgIpc) is 3.75. The number of rotatable bonds is 9. The zero-order valence-corrected chi connectivity index (χ0v) is 20.0. The first kappa shape index (κ1) is 21.7. The van der Waals surface area contributed by atoms with Gasteiger partial charge in [-0.25, -0.2) is 0 Å². The minimum absolute atomic E-state index is 0.0296. The summed E-state index contributed by atoms with van der Waals surface area (Å²) in [6, 6.07) is 12.6. The second-order valence-electron chi connectivity index (χ2n) is 10.9. The van der Waals surface area contributed by atoms with Crippen LogP contribution in [0.25, 0.3) is 10.9 Å². The predicted octanol–water partition coefficient (Wildman–Crippen LogP) is 4.84. The summed E-state index contributed by atoms with van der Waals surface area (Å²) in [5, 5.41) is 4.41. The van der Waals surface area contributed by atoms with Crippen LogP contribution in [0.5, 0.6) is 5.75 Å². The molecule has 0 radical (unpaired) electrons.